The Balaban J connectivity index is 2.61. The molecule has 0 unspecified atom stereocenters. The molecule has 1 aromatic heterocycles. The lowest BCUT2D eigenvalue weighted by molar-refractivity contribution is 0.330. The molecule has 0 amide bonds. The van der Waals surface area contributed by atoms with Crippen LogP contribution in [0.4, 0.5) is 8.78 Å². The van der Waals surface area contributed by atoms with E-state index in [0.717, 1.165) is 25.1 Å². The van der Waals surface area contributed by atoms with E-state index in [1.165, 1.54) is 0 Å². The number of aryl methyl sites for hydroxylation is 1. The summed E-state index contributed by atoms with van der Waals surface area (Å²) >= 11 is 0. The molecule has 0 atom stereocenters. The van der Waals surface area contributed by atoms with Crippen LogP contribution in [-0.2, 0) is 13.0 Å². The van der Waals surface area contributed by atoms with Crippen LogP contribution in [0.5, 0.6) is 0 Å². The van der Waals surface area contributed by atoms with Crippen molar-refractivity contribution in [1.82, 2.24) is 14.9 Å². The standard InChI is InChI=1S/C17H23F2N3O/c1-17(2,3)10-22-15(6-5-7-20-4)21-14-9-13(19)12(18)8-11(14)16(22)23/h8-9,20H,5-7,10H2,1-4H3. The quantitative estimate of drug-likeness (QED) is 0.861. The number of hydrogen-bond donors (Lipinski definition) is 1. The first-order valence-corrected chi connectivity index (χ1v) is 7.76. The molecule has 0 aliphatic rings. The van der Waals surface area contributed by atoms with E-state index < -0.39 is 11.6 Å². The van der Waals surface area contributed by atoms with Crippen molar-refractivity contribution < 1.29 is 8.78 Å². The molecule has 6 heteroatoms. The summed E-state index contributed by atoms with van der Waals surface area (Å²) in [7, 11) is 1.86. The minimum atomic E-state index is -1.03. The lowest BCUT2D eigenvalue weighted by Crippen LogP contribution is -2.31. The SMILES string of the molecule is CNCCCc1nc2cc(F)c(F)cc2c(=O)n1CC(C)(C)C. The summed E-state index contributed by atoms with van der Waals surface area (Å²) in [6, 6.07) is 1.94. The smallest absolute Gasteiger partial charge is 0.261 e. The second-order valence-corrected chi connectivity index (χ2v) is 6.97. The highest BCUT2D eigenvalue weighted by Crippen LogP contribution is 2.19. The summed E-state index contributed by atoms with van der Waals surface area (Å²) < 4.78 is 28.5. The largest absolute Gasteiger partial charge is 0.320 e. The number of fused-ring (bicyclic) bond motifs is 1. The van der Waals surface area contributed by atoms with Gasteiger partial charge in [-0.2, -0.15) is 0 Å². The molecule has 0 aliphatic heterocycles. The van der Waals surface area contributed by atoms with Crippen LogP contribution in [0.25, 0.3) is 10.9 Å². The first-order chi connectivity index (χ1) is 10.7. The molecule has 126 valence electrons. The molecule has 1 heterocycles. The summed E-state index contributed by atoms with van der Waals surface area (Å²) in [5.74, 6) is -1.40. The maximum absolute atomic E-state index is 13.5. The van der Waals surface area contributed by atoms with E-state index in [2.05, 4.69) is 10.3 Å². The molecule has 2 rings (SSSR count). The van der Waals surface area contributed by atoms with E-state index in [-0.39, 0.29) is 21.9 Å². The van der Waals surface area contributed by atoms with Gasteiger partial charge in [0.2, 0.25) is 0 Å². The Morgan fingerprint density at radius 3 is 2.48 bits per heavy atom. The van der Waals surface area contributed by atoms with E-state index in [4.69, 9.17) is 0 Å². The van der Waals surface area contributed by atoms with Crippen LogP contribution in [0.3, 0.4) is 0 Å². The third kappa shape index (κ3) is 4.13. The maximum Gasteiger partial charge on any atom is 0.261 e. The van der Waals surface area contributed by atoms with Crippen molar-refractivity contribution in [3.8, 4) is 0 Å². The Morgan fingerprint density at radius 1 is 1.22 bits per heavy atom. The molecular formula is C17H23F2N3O. The minimum absolute atomic E-state index is 0.116. The third-order valence-electron chi connectivity index (χ3n) is 3.53. The number of nitrogens with one attached hydrogen (secondary N) is 1. The van der Waals surface area contributed by atoms with E-state index in [0.29, 0.717) is 18.8 Å². The number of aromatic nitrogens is 2. The van der Waals surface area contributed by atoms with Crippen LogP contribution >= 0.6 is 0 Å². The molecule has 4 nitrogen and oxygen atoms in total. The Kier molecular flexibility index (Phi) is 5.14. The van der Waals surface area contributed by atoms with Crippen molar-refractivity contribution in [2.75, 3.05) is 13.6 Å². The lowest BCUT2D eigenvalue weighted by atomic mass is 9.96. The molecule has 1 N–H and O–H groups in total. The third-order valence-corrected chi connectivity index (χ3v) is 3.53. The fraction of sp³-hybridized carbons (Fsp3) is 0.529. The Bertz CT molecular complexity index is 763. The zero-order valence-corrected chi connectivity index (χ0v) is 14.0. The van der Waals surface area contributed by atoms with E-state index in [1.54, 1.807) is 4.57 Å². The van der Waals surface area contributed by atoms with Gasteiger partial charge < -0.3 is 5.32 Å². The van der Waals surface area contributed by atoms with Gasteiger partial charge in [0.1, 0.15) is 5.82 Å². The van der Waals surface area contributed by atoms with Gasteiger partial charge in [0.15, 0.2) is 11.6 Å². The van der Waals surface area contributed by atoms with Crippen LogP contribution in [0, 0.1) is 17.0 Å². The van der Waals surface area contributed by atoms with Crippen molar-refractivity contribution in [3.63, 3.8) is 0 Å². The van der Waals surface area contributed by atoms with Gasteiger partial charge >= 0.3 is 0 Å². The molecule has 1 aromatic carbocycles. The molecule has 23 heavy (non-hydrogen) atoms. The van der Waals surface area contributed by atoms with Crippen molar-refractivity contribution in [2.45, 2.75) is 40.2 Å². The van der Waals surface area contributed by atoms with E-state index >= 15 is 0 Å². The number of rotatable bonds is 5. The molecule has 0 saturated carbocycles. The van der Waals surface area contributed by atoms with Gasteiger partial charge in [0.25, 0.3) is 5.56 Å². The lowest BCUT2D eigenvalue weighted by Gasteiger charge is -2.22. The summed E-state index contributed by atoms with van der Waals surface area (Å²) in [5.41, 5.74) is -0.239. The second kappa shape index (κ2) is 6.74. The number of nitrogens with zero attached hydrogens (tertiary/aromatic N) is 2. The second-order valence-electron chi connectivity index (χ2n) is 6.97. The average molecular weight is 323 g/mol. The van der Waals surface area contributed by atoms with Crippen molar-refractivity contribution in [2.24, 2.45) is 5.41 Å². The van der Waals surface area contributed by atoms with Crippen molar-refractivity contribution in [1.29, 1.82) is 0 Å². The first kappa shape index (κ1) is 17.5. The average Bonchev–Trinajstić information content (AvgIpc) is 2.44. The fourth-order valence-electron chi connectivity index (χ4n) is 2.51. The molecule has 0 bridgehead atoms. The highest BCUT2D eigenvalue weighted by molar-refractivity contribution is 5.77. The fourth-order valence-corrected chi connectivity index (χ4v) is 2.51. The molecule has 0 fully saturated rings. The first-order valence-electron chi connectivity index (χ1n) is 7.76. The highest BCUT2D eigenvalue weighted by Gasteiger charge is 2.19. The van der Waals surface area contributed by atoms with Gasteiger partial charge in [-0.25, -0.2) is 13.8 Å². The summed E-state index contributed by atoms with van der Waals surface area (Å²) in [4.78, 5) is 17.2. The maximum atomic E-state index is 13.5. The number of benzene rings is 1. The molecule has 0 aliphatic carbocycles. The number of halogens is 2. The predicted molar refractivity (Wildman–Crippen MR) is 87.6 cm³/mol. The zero-order chi connectivity index (χ0) is 17.2. The van der Waals surface area contributed by atoms with Crippen LogP contribution < -0.4 is 10.9 Å². The predicted octanol–water partition coefficient (Wildman–Crippen LogP) is 2.87. The van der Waals surface area contributed by atoms with E-state index in [9.17, 15) is 13.6 Å². The summed E-state index contributed by atoms with van der Waals surface area (Å²) in [6.45, 7) is 7.33. The molecule has 0 spiro atoms. The van der Waals surface area contributed by atoms with Gasteiger partial charge in [-0.15, -0.1) is 0 Å². The molecule has 2 aromatic rings. The number of hydrogen-bond acceptors (Lipinski definition) is 3. The Morgan fingerprint density at radius 2 is 1.87 bits per heavy atom. The summed E-state index contributed by atoms with van der Waals surface area (Å²) in [5, 5.41) is 3.17. The van der Waals surface area contributed by atoms with Crippen LogP contribution in [0.1, 0.15) is 33.0 Å². The minimum Gasteiger partial charge on any atom is -0.320 e. The van der Waals surface area contributed by atoms with Crippen LogP contribution in [-0.4, -0.2) is 23.1 Å². The van der Waals surface area contributed by atoms with Gasteiger partial charge in [0, 0.05) is 19.0 Å². The van der Waals surface area contributed by atoms with E-state index in [1.807, 2.05) is 27.8 Å². The van der Waals surface area contributed by atoms with Crippen molar-refractivity contribution in [3.05, 3.63) is 39.9 Å². The van der Waals surface area contributed by atoms with Crippen LogP contribution in [0.2, 0.25) is 0 Å². The van der Waals surface area contributed by atoms with Gasteiger partial charge in [0.05, 0.1) is 10.9 Å². The molecule has 0 saturated heterocycles. The van der Waals surface area contributed by atoms with Crippen LogP contribution in [0.15, 0.2) is 16.9 Å². The monoisotopic (exact) mass is 323 g/mol. The van der Waals surface area contributed by atoms with Gasteiger partial charge in [-0.3, -0.25) is 9.36 Å². The normalized spacial score (nSPS) is 12.1. The van der Waals surface area contributed by atoms with Gasteiger partial charge in [-0.1, -0.05) is 20.8 Å². The Hall–Kier alpha value is -1.82. The topological polar surface area (TPSA) is 46.9 Å². The highest BCUT2D eigenvalue weighted by atomic mass is 19.2. The Labute approximate surface area is 134 Å². The molecular weight excluding hydrogens is 300 g/mol. The zero-order valence-electron chi connectivity index (χ0n) is 14.0. The summed E-state index contributed by atoms with van der Waals surface area (Å²) in [6.07, 6.45) is 1.41. The van der Waals surface area contributed by atoms with Gasteiger partial charge in [-0.05, 0) is 31.5 Å². The molecule has 0 radical (unpaired) electrons. The van der Waals surface area contributed by atoms with Crippen molar-refractivity contribution >= 4 is 10.9 Å².